The number of imidazole rings is 1. The highest BCUT2D eigenvalue weighted by molar-refractivity contribution is 5.80. The van der Waals surface area contributed by atoms with Crippen molar-refractivity contribution >= 4 is 11.2 Å². The minimum absolute atomic E-state index is 0.156. The number of tetrazole rings is 1. The first-order chi connectivity index (χ1) is 18.4. The fourth-order valence-corrected chi connectivity index (χ4v) is 5.01. The largest absolute Gasteiger partial charge is 0.387 e. The first-order valence-corrected chi connectivity index (χ1v) is 13.4. The van der Waals surface area contributed by atoms with Crippen LogP contribution in [-0.4, -0.2) is 40.7 Å². The van der Waals surface area contributed by atoms with Crippen molar-refractivity contribution in [1.29, 1.82) is 0 Å². The fourth-order valence-electron chi connectivity index (χ4n) is 5.01. The van der Waals surface area contributed by atoms with E-state index >= 15 is 0 Å². The van der Waals surface area contributed by atoms with Crippen LogP contribution in [0.4, 0.5) is 0 Å². The van der Waals surface area contributed by atoms with Gasteiger partial charge in [-0.1, -0.05) is 63.2 Å². The highest BCUT2D eigenvalue weighted by Gasteiger charge is 2.17. The van der Waals surface area contributed by atoms with Crippen LogP contribution < -0.4 is 0 Å². The number of nitrogens with one attached hydrogen (secondary N) is 2. The molecule has 1 aliphatic carbocycles. The van der Waals surface area contributed by atoms with Gasteiger partial charge in [0.2, 0.25) is 5.82 Å². The van der Waals surface area contributed by atoms with Crippen molar-refractivity contribution in [1.82, 2.24) is 35.6 Å². The molecule has 8 nitrogen and oxygen atoms in total. The standard InChI is InChI=1S/C16H14N4.C14H21N3O/c1-2-7-15(16-17-19-20-18-16)14(6-1)13-9-8-11-4-3-5-12(11)10-13;1-5-6-11-16-12-9(4)7-10(13(18)8(2)3)15-14(12)17-11/h1-2,6-10H,3-5H2,(H,17,18,19,20);7-8,13,18H,5-6H2,1-4H3,(H,15,16,17). The van der Waals surface area contributed by atoms with E-state index in [2.05, 4.69) is 66.8 Å². The first-order valence-electron chi connectivity index (χ1n) is 13.4. The summed E-state index contributed by atoms with van der Waals surface area (Å²) in [5, 5.41) is 24.5. The molecule has 0 aliphatic heterocycles. The van der Waals surface area contributed by atoms with Crippen molar-refractivity contribution in [3.05, 3.63) is 76.7 Å². The molecule has 0 saturated heterocycles. The molecule has 8 heteroatoms. The molecule has 6 rings (SSSR count). The number of aliphatic hydroxyl groups is 1. The monoisotopic (exact) mass is 509 g/mol. The molecule has 1 atom stereocenters. The van der Waals surface area contributed by atoms with Gasteiger partial charge in [0, 0.05) is 12.0 Å². The number of nitrogens with zero attached hydrogens (tertiary/aromatic N) is 5. The van der Waals surface area contributed by atoms with E-state index in [1.807, 2.05) is 45.0 Å². The third kappa shape index (κ3) is 5.36. The number of pyridine rings is 1. The number of aryl methyl sites for hydroxylation is 4. The van der Waals surface area contributed by atoms with Gasteiger partial charge < -0.3 is 10.1 Å². The third-order valence-electron chi connectivity index (χ3n) is 7.07. The normalized spacial score (nSPS) is 13.4. The molecule has 2 aromatic carbocycles. The number of aromatic amines is 2. The van der Waals surface area contributed by atoms with Gasteiger partial charge in [0.15, 0.2) is 5.65 Å². The van der Waals surface area contributed by atoms with Crippen molar-refractivity contribution < 1.29 is 5.11 Å². The van der Waals surface area contributed by atoms with Crippen LogP contribution in [0.3, 0.4) is 0 Å². The third-order valence-corrected chi connectivity index (χ3v) is 7.07. The molecule has 38 heavy (non-hydrogen) atoms. The average molecular weight is 510 g/mol. The smallest absolute Gasteiger partial charge is 0.205 e. The van der Waals surface area contributed by atoms with E-state index in [1.54, 1.807) is 0 Å². The lowest BCUT2D eigenvalue weighted by Gasteiger charge is -2.14. The predicted octanol–water partition coefficient (Wildman–Crippen LogP) is 5.93. The summed E-state index contributed by atoms with van der Waals surface area (Å²) >= 11 is 0. The second kappa shape index (κ2) is 11.2. The minimum atomic E-state index is -0.528. The Balaban J connectivity index is 0.000000156. The number of rotatable bonds is 6. The Bertz CT molecular complexity index is 1520. The quantitative estimate of drug-likeness (QED) is 0.261. The van der Waals surface area contributed by atoms with Crippen molar-refractivity contribution in [3.63, 3.8) is 0 Å². The van der Waals surface area contributed by atoms with Gasteiger partial charge >= 0.3 is 0 Å². The zero-order valence-electron chi connectivity index (χ0n) is 22.5. The van der Waals surface area contributed by atoms with Crippen LogP contribution in [0.15, 0.2) is 48.5 Å². The molecule has 3 N–H and O–H groups in total. The zero-order chi connectivity index (χ0) is 26.6. The first kappa shape index (κ1) is 25.7. The molecule has 0 saturated carbocycles. The number of hydrogen-bond acceptors (Lipinski definition) is 6. The Kier molecular flexibility index (Phi) is 7.60. The maximum atomic E-state index is 10.1. The lowest BCUT2D eigenvalue weighted by molar-refractivity contribution is 0.123. The summed E-state index contributed by atoms with van der Waals surface area (Å²) in [6.07, 6.45) is 5.12. The van der Waals surface area contributed by atoms with Crippen LogP contribution in [0.1, 0.15) is 67.9 Å². The highest BCUT2D eigenvalue weighted by Crippen LogP contribution is 2.33. The molecule has 196 valence electrons. The second-order valence-corrected chi connectivity index (χ2v) is 10.3. The van der Waals surface area contributed by atoms with Gasteiger partial charge in [0.05, 0.1) is 17.3 Å². The number of aromatic nitrogens is 7. The number of hydrogen-bond donors (Lipinski definition) is 3. The fraction of sp³-hybridized carbons (Fsp3) is 0.367. The average Bonchev–Trinajstić information content (AvgIpc) is 3.69. The Labute approximate surface area is 223 Å². The van der Waals surface area contributed by atoms with Crippen molar-refractivity contribution in [3.8, 4) is 22.5 Å². The molecule has 0 bridgehead atoms. The SMILES string of the molecule is CCCc1nc2nc(C(O)C(C)C)cc(C)c2[nH]1.c1ccc(-c2nn[nH]n2)c(-c2ccc3c(c2)CCC3)c1. The predicted molar refractivity (Wildman–Crippen MR) is 149 cm³/mol. The van der Waals surface area contributed by atoms with Crippen molar-refractivity contribution in [2.24, 2.45) is 5.92 Å². The molecule has 0 radical (unpaired) electrons. The van der Waals surface area contributed by atoms with Gasteiger partial charge in [-0.15, -0.1) is 10.2 Å². The molecule has 0 amide bonds. The van der Waals surface area contributed by atoms with E-state index in [-0.39, 0.29) is 5.92 Å². The maximum Gasteiger partial charge on any atom is 0.205 e. The molecule has 1 aliphatic rings. The molecular weight excluding hydrogens is 474 g/mol. The Morgan fingerprint density at radius 2 is 1.76 bits per heavy atom. The summed E-state index contributed by atoms with van der Waals surface area (Å²) in [5.41, 5.74) is 9.87. The van der Waals surface area contributed by atoms with E-state index in [1.165, 1.54) is 36.0 Å². The molecule has 5 aromatic rings. The molecule has 0 fully saturated rings. The van der Waals surface area contributed by atoms with Crippen LogP contribution >= 0.6 is 0 Å². The topological polar surface area (TPSA) is 116 Å². The summed E-state index contributed by atoms with van der Waals surface area (Å²) in [4.78, 5) is 12.3. The summed E-state index contributed by atoms with van der Waals surface area (Å²) in [6, 6.07) is 16.9. The maximum absolute atomic E-state index is 10.1. The zero-order valence-corrected chi connectivity index (χ0v) is 22.5. The lowest BCUT2D eigenvalue weighted by atomic mass is 9.96. The van der Waals surface area contributed by atoms with E-state index in [0.29, 0.717) is 17.2 Å². The van der Waals surface area contributed by atoms with Crippen LogP contribution in [0.2, 0.25) is 0 Å². The number of benzene rings is 2. The van der Waals surface area contributed by atoms with Gasteiger partial charge in [0.25, 0.3) is 0 Å². The summed E-state index contributed by atoms with van der Waals surface area (Å²) in [6.45, 7) is 8.12. The van der Waals surface area contributed by atoms with Gasteiger partial charge in [-0.05, 0) is 77.6 Å². The molecule has 1 unspecified atom stereocenters. The van der Waals surface area contributed by atoms with Crippen LogP contribution in [-0.2, 0) is 19.3 Å². The summed E-state index contributed by atoms with van der Waals surface area (Å²) in [5.74, 6) is 1.77. The number of aliphatic hydroxyl groups excluding tert-OH is 1. The van der Waals surface area contributed by atoms with Crippen molar-refractivity contribution in [2.75, 3.05) is 0 Å². The Hall–Kier alpha value is -3.91. The lowest BCUT2D eigenvalue weighted by Crippen LogP contribution is -2.08. The number of H-pyrrole nitrogens is 2. The van der Waals surface area contributed by atoms with E-state index < -0.39 is 6.10 Å². The molecule has 0 spiro atoms. The Morgan fingerprint density at radius 3 is 2.50 bits per heavy atom. The van der Waals surface area contributed by atoms with Gasteiger partial charge in [0.1, 0.15) is 5.82 Å². The van der Waals surface area contributed by atoms with E-state index in [4.69, 9.17) is 0 Å². The Morgan fingerprint density at radius 1 is 0.974 bits per heavy atom. The highest BCUT2D eigenvalue weighted by atomic mass is 16.3. The van der Waals surface area contributed by atoms with E-state index in [0.717, 1.165) is 40.9 Å². The second-order valence-electron chi connectivity index (χ2n) is 10.3. The van der Waals surface area contributed by atoms with Crippen LogP contribution in [0, 0.1) is 12.8 Å². The molecule has 3 heterocycles. The van der Waals surface area contributed by atoms with Crippen LogP contribution in [0.25, 0.3) is 33.7 Å². The van der Waals surface area contributed by atoms with E-state index in [9.17, 15) is 5.11 Å². The molecular formula is C30H35N7O. The van der Waals surface area contributed by atoms with Crippen LogP contribution in [0.5, 0.6) is 0 Å². The summed E-state index contributed by atoms with van der Waals surface area (Å²) < 4.78 is 0. The van der Waals surface area contributed by atoms with Crippen molar-refractivity contribution in [2.45, 2.75) is 65.9 Å². The minimum Gasteiger partial charge on any atom is -0.387 e. The van der Waals surface area contributed by atoms with Gasteiger partial charge in [-0.2, -0.15) is 5.21 Å². The number of fused-ring (bicyclic) bond motifs is 2. The van der Waals surface area contributed by atoms with Gasteiger partial charge in [-0.25, -0.2) is 9.97 Å². The molecule has 3 aromatic heterocycles. The summed E-state index contributed by atoms with van der Waals surface area (Å²) in [7, 11) is 0. The van der Waals surface area contributed by atoms with Gasteiger partial charge in [-0.3, -0.25) is 0 Å².